The van der Waals surface area contributed by atoms with Crippen LogP contribution >= 0.6 is 0 Å². The quantitative estimate of drug-likeness (QED) is 0.693. The number of anilines is 1. The fourth-order valence-corrected chi connectivity index (χ4v) is 3.23. The molecule has 0 spiro atoms. The molecule has 0 aliphatic carbocycles. The number of hydrogen-bond donors (Lipinski definition) is 0. The third-order valence-corrected chi connectivity index (χ3v) is 4.78. The summed E-state index contributed by atoms with van der Waals surface area (Å²) in [6.45, 7) is 3.57. The molecule has 3 heterocycles. The topological polar surface area (TPSA) is 67.2 Å². The number of imidazole rings is 1. The Morgan fingerprint density at radius 2 is 1.61 bits per heavy atom. The van der Waals surface area contributed by atoms with Crippen molar-refractivity contribution in [2.45, 2.75) is 6.92 Å². The van der Waals surface area contributed by atoms with Crippen molar-refractivity contribution in [1.29, 1.82) is 0 Å². The van der Waals surface area contributed by atoms with Crippen LogP contribution in [0.25, 0.3) is 5.82 Å². The Bertz CT molecular complexity index is 976. The Labute approximate surface area is 160 Å². The van der Waals surface area contributed by atoms with Crippen molar-refractivity contribution < 1.29 is 13.6 Å². The van der Waals surface area contributed by atoms with Gasteiger partial charge in [-0.3, -0.25) is 9.36 Å². The summed E-state index contributed by atoms with van der Waals surface area (Å²) in [6, 6.07) is 7.13. The highest BCUT2D eigenvalue weighted by Crippen LogP contribution is 2.19. The summed E-state index contributed by atoms with van der Waals surface area (Å²) >= 11 is 0. The van der Waals surface area contributed by atoms with Gasteiger partial charge in [-0.1, -0.05) is 6.07 Å². The molecule has 0 bridgehead atoms. The van der Waals surface area contributed by atoms with Gasteiger partial charge in [0.2, 0.25) is 0 Å². The SMILES string of the molecule is Cc1nccn1-c1ccc(N2CCN(C(=O)c3c(F)cccc3F)CC2)nn1. The molecule has 0 N–H and O–H groups in total. The van der Waals surface area contributed by atoms with E-state index in [9.17, 15) is 13.6 Å². The maximum atomic E-state index is 13.9. The van der Waals surface area contributed by atoms with Crippen LogP contribution in [0.2, 0.25) is 0 Å². The van der Waals surface area contributed by atoms with Crippen LogP contribution < -0.4 is 4.90 Å². The minimum atomic E-state index is -0.844. The minimum absolute atomic E-state index is 0.344. The molecule has 28 heavy (non-hydrogen) atoms. The zero-order chi connectivity index (χ0) is 19.7. The van der Waals surface area contributed by atoms with Gasteiger partial charge in [0.15, 0.2) is 11.6 Å². The van der Waals surface area contributed by atoms with Crippen LogP contribution in [0.1, 0.15) is 16.2 Å². The molecule has 0 saturated carbocycles. The molecule has 3 aromatic rings. The molecule has 1 fully saturated rings. The summed E-state index contributed by atoms with van der Waals surface area (Å²) in [6.07, 6.45) is 3.50. The standard InChI is InChI=1S/C19H18F2N6O/c1-13-22-7-8-27(13)17-6-5-16(23-24-17)25-9-11-26(12-10-25)19(28)18-14(20)3-2-4-15(18)21/h2-8H,9-12H2,1H3. The fraction of sp³-hybridized carbons (Fsp3) is 0.263. The first-order chi connectivity index (χ1) is 13.5. The number of carbonyl (C=O) groups excluding carboxylic acids is 1. The van der Waals surface area contributed by atoms with E-state index < -0.39 is 23.1 Å². The van der Waals surface area contributed by atoms with Crippen molar-refractivity contribution in [3.8, 4) is 5.82 Å². The summed E-state index contributed by atoms with van der Waals surface area (Å²) in [7, 11) is 0. The Morgan fingerprint density at radius 3 is 2.18 bits per heavy atom. The molecule has 144 valence electrons. The third-order valence-electron chi connectivity index (χ3n) is 4.78. The van der Waals surface area contributed by atoms with E-state index in [1.54, 1.807) is 6.20 Å². The number of aryl methyl sites for hydroxylation is 1. The molecule has 4 rings (SSSR count). The lowest BCUT2D eigenvalue weighted by Gasteiger charge is -2.35. The van der Waals surface area contributed by atoms with Gasteiger partial charge in [0.25, 0.3) is 5.91 Å². The number of carbonyl (C=O) groups is 1. The molecule has 1 saturated heterocycles. The summed E-state index contributed by atoms with van der Waals surface area (Å²) in [5.74, 6) is -0.150. The largest absolute Gasteiger partial charge is 0.352 e. The number of halogens is 2. The maximum absolute atomic E-state index is 13.9. The first-order valence-electron chi connectivity index (χ1n) is 8.87. The second kappa shape index (κ2) is 7.34. The molecule has 1 aliphatic heterocycles. The normalized spacial score (nSPS) is 14.4. The van der Waals surface area contributed by atoms with Gasteiger partial charge in [0.1, 0.15) is 23.0 Å². The Balaban J connectivity index is 1.43. The van der Waals surface area contributed by atoms with Crippen LogP contribution in [0.4, 0.5) is 14.6 Å². The monoisotopic (exact) mass is 384 g/mol. The lowest BCUT2D eigenvalue weighted by Crippen LogP contribution is -2.49. The van der Waals surface area contributed by atoms with Crippen LogP contribution in [0.3, 0.4) is 0 Å². The first-order valence-corrected chi connectivity index (χ1v) is 8.87. The van der Waals surface area contributed by atoms with Gasteiger partial charge in [0.05, 0.1) is 0 Å². The second-order valence-electron chi connectivity index (χ2n) is 6.47. The van der Waals surface area contributed by atoms with Crippen LogP contribution in [0.5, 0.6) is 0 Å². The van der Waals surface area contributed by atoms with Crippen molar-refractivity contribution in [1.82, 2.24) is 24.6 Å². The van der Waals surface area contributed by atoms with Gasteiger partial charge < -0.3 is 9.80 Å². The number of aromatic nitrogens is 4. The van der Waals surface area contributed by atoms with E-state index in [2.05, 4.69) is 15.2 Å². The Kier molecular flexibility index (Phi) is 4.72. The van der Waals surface area contributed by atoms with E-state index in [0.717, 1.165) is 18.0 Å². The number of rotatable bonds is 3. The van der Waals surface area contributed by atoms with E-state index >= 15 is 0 Å². The van der Waals surface area contributed by atoms with Crippen molar-refractivity contribution in [3.63, 3.8) is 0 Å². The molecule has 9 heteroatoms. The molecule has 1 aromatic carbocycles. The molecule has 7 nitrogen and oxygen atoms in total. The Hall–Kier alpha value is -3.36. The minimum Gasteiger partial charge on any atom is -0.352 e. The van der Waals surface area contributed by atoms with Crippen molar-refractivity contribution in [2.75, 3.05) is 31.1 Å². The van der Waals surface area contributed by atoms with Gasteiger partial charge in [-0.15, -0.1) is 10.2 Å². The number of benzene rings is 1. The number of piperazine rings is 1. The molecular weight excluding hydrogens is 366 g/mol. The second-order valence-corrected chi connectivity index (χ2v) is 6.47. The number of nitrogens with zero attached hydrogens (tertiary/aromatic N) is 6. The average molecular weight is 384 g/mol. The predicted molar refractivity (Wildman–Crippen MR) is 98.4 cm³/mol. The van der Waals surface area contributed by atoms with Gasteiger partial charge in [-0.25, -0.2) is 13.8 Å². The van der Waals surface area contributed by atoms with Gasteiger partial charge >= 0.3 is 0 Å². The molecule has 2 aromatic heterocycles. The zero-order valence-electron chi connectivity index (χ0n) is 15.2. The molecular formula is C19H18F2N6O. The Morgan fingerprint density at radius 1 is 0.964 bits per heavy atom. The van der Waals surface area contributed by atoms with E-state index in [4.69, 9.17) is 0 Å². The smallest absolute Gasteiger partial charge is 0.259 e. The molecule has 1 amide bonds. The highest BCUT2D eigenvalue weighted by atomic mass is 19.1. The van der Waals surface area contributed by atoms with Crippen LogP contribution in [-0.2, 0) is 0 Å². The lowest BCUT2D eigenvalue weighted by molar-refractivity contribution is 0.0736. The van der Waals surface area contributed by atoms with Crippen LogP contribution in [0, 0.1) is 18.6 Å². The van der Waals surface area contributed by atoms with Crippen molar-refractivity contribution in [3.05, 3.63) is 65.7 Å². The highest BCUT2D eigenvalue weighted by Gasteiger charge is 2.27. The number of hydrogen-bond acceptors (Lipinski definition) is 5. The molecule has 0 radical (unpaired) electrons. The van der Waals surface area contributed by atoms with E-state index in [0.29, 0.717) is 37.8 Å². The number of amides is 1. The van der Waals surface area contributed by atoms with Crippen LogP contribution in [0.15, 0.2) is 42.7 Å². The summed E-state index contributed by atoms with van der Waals surface area (Å²) in [4.78, 5) is 20.1. The first kappa shape index (κ1) is 18.0. The van der Waals surface area contributed by atoms with E-state index in [-0.39, 0.29) is 0 Å². The average Bonchev–Trinajstić information content (AvgIpc) is 3.14. The fourth-order valence-electron chi connectivity index (χ4n) is 3.23. The predicted octanol–water partition coefficient (Wildman–Crippen LogP) is 2.21. The van der Waals surface area contributed by atoms with Gasteiger partial charge in [-0.05, 0) is 31.2 Å². The highest BCUT2D eigenvalue weighted by molar-refractivity contribution is 5.95. The maximum Gasteiger partial charge on any atom is 0.259 e. The third kappa shape index (κ3) is 3.30. The van der Waals surface area contributed by atoms with E-state index in [1.807, 2.05) is 34.7 Å². The molecule has 0 atom stereocenters. The van der Waals surface area contributed by atoms with Crippen LogP contribution in [-0.4, -0.2) is 56.7 Å². The summed E-state index contributed by atoms with van der Waals surface area (Å²) in [5.41, 5.74) is -0.504. The van der Waals surface area contributed by atoms with Gasteiger partial charge in [-0.2, -0.15) is 0 Å². The van der Waals surface area contributed by atoms with Crippen molar-refractivity contribution in [2.24, 2.45) is 0 Å². The van der Waals surface area contributed by atoms with E-state index in [1.165, 1.54) is 11.0 Å². The zero-order valence-corrected chi connectivity index (χ0v) is 15.2. The van der Waals surface area contributed by atoms with Crippen molar-refractivity contribution >= 4 is 11.7 Å². The molecule has 0 unspecified atom stereocenters. The van der Waals surface area contributed by atoms with Gasteiger partial charge in [0, 0.05) is 38.6 Å². The summed E-state index contributed by atoms with van der Waals surface area (Å²) in [5, 5.41) is 8.49. The lowest BCUT2D eigenvalue weighted by atomic mass is 10.1. The summed E-state index contributed by atoms with van der Waals surface area (Å²) < 4.78 is 29.5. The molecule has 1 aliphatic rings.